The summed E-state index contributed by atoms with van der Waals surface area (Å²) in [6.45, 7) is 1.70. The minimum Gasteiger partial charge on any atom is -0.481 e. The molecule has 1 rings (SSSR count). The fourth-order valence-electron chi connectivity index (χ4n) is 1.26. The third kappa shape index (κ3) is 5.46. The molecule has 0 saturated carbocycles. The molecule has 1 aromatic rings. The summed E-state index contributed by atoms with van der Waals surface area (Å²) in [6, 6.07) is 0. The number of rotatable bonds is 8. The summed E-state index contributed by atoms with van der Waals surface area (Å²) in [6.07, 6.45) is -0.744. The van der Waals surface area contributed by atoms with Crippen molar-refractivity contribution in [2.75, 3.05) is 19.0 Å². The highest BCUT2D eigenvalue weighted by Crippen LogP contribution is 2.17. The van der Waals surface area contributed by atoms with Crippen LogP contribution < -0.4 is 0 Å². The van der Waals surface area contributed by atoms with Gasteiger partial charge in [0.05, 0.1) is 18.1 Å². The van der Waals surface area contributed by atoms with Gasteiger partial charge in [0.15, 0.2) is 5.16 Å². The van der Waals surface area contributed by atoms with E-state index in [2.05, 4.69) is 4.98 Å². The predicted octanol–water partition coefficient (Wildman–Crippen LogP) is 1.65. The van der Waals surface area contributed by atoms with E-state index in [1.807, 2.05) is 0 Å². The average molecular weight is 280 g/mol. The second-order valence-electron chi connectivity index (χ2n) is 3.51. The molecule has 0 spiro atoms. The number of aryl methyl sites for hydroxylation is 1. The summed E-state index contributed by atoms with van der Waals surface area (Å²) in [7, 11) is 0. The van der Waals surface area contributed by atoms with Crippen molar-refractivity contribution in [3.05, 3.63) is 11.9 Å². The van der Waals surface area contributed by atoms with Gasteiger partial charge in [0, 0.05) is 12.7 Å². The molecule has 0 fully saturated rings. The van der Waals surface area contributed by atoms with E-state index in [0.717, 1.165) is 17.5 Å². The first-order chi connectivity index (χ1) is 8.49. The zero-order chi connectivity index (χ0) is 13.5. The van der Waals surface area contributed by atoms with E-state index in [4.69, 9.17) is 9.84 Å². The van der Waals surface area contributed by atoms with Crippen molar-refractivity contribution in [2.45, 2.75) is 25.1 Å². The SMILES string of the molecule is Cc1cn(CCOCC(F)F)c(SCC(=O)O)n1. The van der Waals surface area contributed by atoms with Gasteiger partial charge in [-0.1, -0.05) is 11.8 Å². The number of hydrogen-bond acceptors (Lipinski definition) is 4. The summed E-state index contributed by atoms with van der Waals surface area (Å²) >= 11 is 1.09. The Morgan fingerprint density at radius 3 is 3.00 bits per heavy atom. The van der Waals surface area contributed by atoms with Crippen LogP contribution in [0, 0.1) is 6.92 Å². The van der Waals surface area contributed by atoms with Crippen molar-refractivity contribution in [1.82, 2.24) is 9.55 Å². The zero-order valence-corrected chi connectivity index (χ0v) is 10.6. The van der Waals surface area contributed by atoms with Gasteiger partial charge in [0.2, 0.25) is 0 Å². The van der Waals surface area contributed by atoms with Gasteiger partial charge in [-0.05, 0) is 6.92 Å². The maximum absolute atomic E-state index is 11.8. The number of carbonyl (C=O) groups is 1. The van der Waals surface area contributed by atoms with Crippen LogP contribution >= 0.6 is 11.8 Å². The third-order valence-corrected chi connectivity index (χ3v) is 2.88. The molecule has 8 heteroatoms. The van der Waals surface area contributed by atoms with Crippen molar-refractivity contribution >= 4 is 17.7 Å². The molecular weight excluding hydrogens is 266 g/mol. The van der Waals surface area contributed by atoms with Crippen LogP contribution in [0.25, 0.3) is 0 Å². The first-order valence-corrected chi connectivity index (χ1v) is 6.22. The van der Waals surface area contributed by atoms with Gasteiger partial charge in [-0.2, -0.15) is 0 Å². The lowest BCUT2D eigenvalue weighted by Gasteiger charge is -2.07. The lowest BCUT2D eigenvalue weighted by Crippen LogP contribution is -2.11. The molecule has 0 aliphatic rings. The maximum atomic E-state index is 11.8. The van der Waals surface area contributed by atoms with Crippen LogP contribution in [0.4, 0.5) is 8.78 Å². The Balaban J connectivity index is 2.45. The largest absolute Gasteiger partial charge is 0.481 e. The van der Waals surface area contributed by atoms with Crippen molar-refractivity contribution in [3.8, 4) is 0 Å². The molecule has 18 heavy (non-hydrogen) atoms. The van der Waals surface area contributed by atoms with Gasteiger partial charge in [0.1, 0.15) is 6.61 Å². The van der Waals surface area contributed by atoms with Crippen molar-refractivity contribution in [2.24, 2.45) is 0 Å². The molecule has 5 nitrogen and oxygen atoms in total. The van der Waals surface area contributed by atoms with Crippen LogP contribution in [0.3, 0.4) is 0 Å². The number of aromatic nitrogens is 2. The van der Waals surface area contributed by atoms with Gasteiger partial charge in [-0.25, -0.2) is 13.8 Å². The standard InChI is InChI=1S/C10H14F2N2O3S/c1-7-4-14(2-3-17-5-8(11)12)10(13-7)18-6-9(15)16/h4,8H,2-3,5-6H2,1H3,(H,15,16). The van der Waals surface area contributed by atoms with Crippen molar-refractivity contribution in [1.29, 1.82) is 0 Å². The fraction of sp³-hybridized carbons (Fsp3) is 0.600. The summed E-state index contributed by atoms with van der Waals surface area (Å²) in [5, 5.41) is 9.13. The smallest absolute Gasteiger partial charge is 0.313 e. The molecule has 102 valence electrons. The predicted molar refractivity (Wildman–Crippen MR) is 62.1 cm³/mol. The highest BCUT2D eigenvalue weighted by Gasteiger charge is 2.09. The first kappa shape index (κ1) is 14.9. The summed E-state index contributed by atoms with van der Waals surface area (Å²) in [4.78, 5) is 14.6. The topological polar surface area (TPSA) is 64.3 Å². The molecule has 0 aliphatic heterocycles. The minimum absolute atomic E-state index is 0.0889. The van der Waals surface area contributed by atoms with Gasteiger partial charge >= 0.3 is 5.97 Å². The molecule has 1 aromatic heterocycles. The van der Waals surface area contributed by atoms with E-state index in [-0.39, 0.29) is 12.4 Å². The third-order valence-electron chi connectivity index (χ3n) is 1.91. The highest BCUT2D eigenvalue weighted by molar-refractivity contribution is 7.99. The second kappa shape index (κ2) is 7.32. The Kier molecular flexibility index (Phi) is 6.06. The van der Waals surface area contributed by atoms with E-state index >= 15 is 0 Å². The number of carboxylic acid groups (broad SMARTS) is 1. The molecule has 0 unspecified atom stereocenters. The number of thioether (sulfide) groups is 1. The normalized spacial score (nSPS) is 11.1. The molecule has 0 atom stereocenters. The number of imidazole rings is 1. The van der Waals surface area contributed by atoms with Gasteiger partial charge in [0.25, 0.3) is 6.43 Å². The monoisotopic (exact) mass is 280 g/mol. The number of halogens is 2. The fourth-order valence-corrected chi connectivity index (χ4v) is 2.03. The number of carboxylic acids is 1. The second-order valence-corrected chi connectivity index (χ2v) is 4.45. The van der Waals surface area contributed by atoms with Crippen LogP contribution in [0.15, 0.2) is 11.4 Å². The Hall–Kier alpha value is -1.15. The number of nitrogens with zero attached hydrogens (tertiary/aromatic N) is 2. The van der Waals surface area contributed by atoms with E-state index in [1.165, 1.54) is 0 Å². The van der Waals surface area contributed by atoms with E-state index in [1.54, 1.807) is 17.7 Å². The number of ether oxygens (including phenoxy) is 1. The molecular formula is C10H14F2N2O3S. The zero-order valence-electron chi connectivity index (χ0n) is 9.81. The highest BCUT2D eigenvalue weighted by atomic mass is 32.2. The molecule has 0 saturated heterocycles. The average Bonchev–Trinajstić information content (AvgIpc) is 2.62. The van der Waals surface area contributed by atoms with E-state index < -0.39 is 19.0 Å². The lowest BCUT2D eigenvalue weighted by atomic mass is 10.5. The van der Waals surface area contributed by atoms with Gasteiger partial charge in [-0.3, -0.25) is 4.79 Å². The van der Waals surface area contributed by atoms with E-state index in [9.17, 15) is 13.6 Å². The lowest BCUT2D eigenvalue weighted by molar-refractivity contribution is -0.133. The van der Waals surface area contributed by atoms with Crippen LogP contribution in [0.1, 0.15) is 5.69 Å². The van der Waals surface area contributed by atoms with Crippen LogP contribution in [-0.4, -0.2) is 46.0 Å². The summed E-state index contributed by atoms with van der Waals surface area (Å²) in [5.74, 6) is -1.02. The summed E-state index contributed by atoms with van der Waals surface area (Å²) in [5.41, 5.74) is 0.747. The Morgan fingerprint density at radius 2 is 2.39 bits per heavy atom. The van der Waals surface area contributed by atoms with Crippen LogP contribution in [0.2, 0.25) is 0 Å². The first-order valence-electron chi connectivity index (χ1n) is 5.23. The molecule has 0 bridgehead atoms. The Labute approximate surface area is 107 Å². The maximum Gasteiger partial charge on any atom is 0.313 e. The Bertz CT molecular complexity index is 398. The molecule has 0 radical (unpaired) electrons. The molecule has 1 N–H and O–H groups in total. The van der Waals surface area contributed by atoms with Gasteiger partial charge < -0.3 is 14.4 Å². The molecule has 0 amide bonds. The molecule has 0 aliphatic carbocycles. The van der Waals surface area contributed by atoms with Crippen LogP contribution in [-0.2, 0) is 16.1 Å². The van der Waals surface area contributed by atoms with Crippen molar-refractivity contribution in [3.63, 3.8) is 0 Å². The molecule has 0 aromatic carbocycles. The number of alkyl halides is 2. The summed E-state index contributed by atoms with van der Waals surface area (Å²) < 4.78 is 30.1. The quantitative estimate of drug-likeness (QED) is 0.579. The number of hydrogen-bond donors (Lipinski definition) is 1. The number of aliphatic carboxylic acids is 1. The van der Waals surface area contributed by atoms with Crippen LogP contribution in [0.5, 0.6) is 0 Å². The molecule has 1 heterocycles. The van der Waals surface area contributed by atoms with Gasteiger partial charge in [-0.15, -0.1) is 0 Å². The Morgan fingerprint density at radius 1 is 1.67 bits per heavy atom. The van der Waals surface area contributed by atoms with Crippen molar-refractivity contribution < 1.29 is 23.4 Å². The van der Waals surface area contributed by atoms with E-state index in [0.29, 0.717) is 11.7 Å². The minimum atomic E-state index is -2.48.